The molecule has 20 heavy (non-hydrogen) atoms. The van der Waals surface area contributed by atoms with Gasteiger partial charge in [-0.1, -0.05) is 22.9 Å². The second kappa shape index (κ2) is 6.21. The Morgan fingerprint density at radius 3 is 2.65 bits per heavy atom. The van der Waals surface area contributed by atoms with Crippen molar-refractivity contribution < 1.29 is 14.7 Å². The van der Waals surface area contributed by atoms with Gasteiger partial charge in [-0.2, -0.15) is 0 Å². The highest BCUT2D eigenvalue weighted by atomic mass is 79.9. The Morgan fingerprint density at radius 1 is 1.35 bits per heavy atom. The van der Waals surface area contributed by atoms with Crippen molar-refractivity contribution in [3.8, 4) is 0 Å². The third-order valence-corrected chi connectivity index (χ3v) is 3.86. The zero-order chi connectivity index (χ0) is 14.7. The average molecular weight is 377 g/mol. The Kier molecular flexibility index (Phi) is 4.58. The van der Waals surface area contributed by atoms with Gasteiger partial charge in [0.1, 0.15) is 0 Å². The molecular weight excluding hydrogens is 370 g/mol. The van der Waals surface area contributed by atoms with Crippen LogP contribution in [0.25, 0.3) is 0 Å². The lowest BCUT2D eigenvalue weighted by Gasteiger charge is -2.06. The summed E-state index contributed by atoms with van der Waals surface area (Å²) in [7, 11) is 0. The molecule has 0 aliphatic carbocycles. The number of halogens is 2. The number of amides is 2. The lowest BCUT2D eigenvalue weighted by atomic mass is 10.2. The first-order valence-electron chi connectivity index (χ1n) is 5.18. The van der Waals surface area contributed by atoms with Crippen LogP contribution in [0.4, 0.5) is 15.6 Å². The summed E-state index contributed by atoms with van der Waals surface area (Å²) in [6.45, 7) is 0. The van der Waals surface area contributed by atoms with E-state index in [9.17, 15) is 9.59 Å². The van der Waals surface area contributed by atoms with Crippen molar-refractivity contribution in [2.75, 3.05) is 10.6 Å². The molecule has 1 heterocycles. The zero-order valence-corrected chi connectivity index (χ0v) is 12.8. The third kappa shape index (κ3) is 3.69. The molecule has 0 aliphatic heterocycles. The predicted octanol–water partition coefficient (Wildman–Crippen LogP) is 3.90. The number of hydrogen-bond donors (Lipinski definition) is 3. The number of carboxylic acids is 1. The van der Waals surface area contributed by atoms with Crippen LogP contribution < -0.4 is 10.6 Å². The number of aromatic nitrogens is 1. The fraction of sp³-hybridized carbons (Fsp3) is 0. The first-order chi connectivity index (χ1) is 9.45. The number of urea groups is 1. The number of aromatic carboxylic acids is 1. The van der Waals surface area contributed by atoms with Crippen molar-refractivity contribution in [2.24, 2.45) is 0 Å². The van der Waals surface area contributed by atoms with Crippen LogP contribution in [0.15, 0.2) is 28.2 Å². The van der Waals surface area contributed by atoms with Gasteiger partial charge in [-0.15, -0.1) is 0 Å². The van der Waals surface area contributed by atoms with E-state index in [1.54, 1.807) is 6.20 Å². The lowest BCUT2D eigenvalue weighted by molar-refractivity contribution is 0.0697. The van der Waals surface area contributed by atoms with Crippen LogP contribution in [0.2, 0.25) is 5.02 Å². The number of nitrogens with one attached hydrogen (secondary N) is 2. The average Bonchev–Trinajstić information content (AvgIpc) is 2.74. The van der Waals surface area contributed by atoms with E-state index in [1.165, 1.54) is 29.5 Å². The molecule has 9 heteroatoms. The highest BCUT2D eigenvalue weighted by molar-refractivity contribution is 9.11. The van der Waals surface area contributed by atoms with Gasteiger partial charge in [0.15, 0.2) is 5.13 Å². The van der Waals surface area contributed by atoms with E-state index in [0.717, 1.165) is 3.79 Å². The summed E-state index contributed by atoms with van der Waals surface area (Å²) in [6, 6.07) is 3.64. The van der Waals surface area contributed by atoms with Gasteiger partial charge in [0.05, 0.1) is 20.6 Å². The Morgan fingerprint density at radius 2 is 2.10 bits per heavy atom. The number of carbonyl (C=O) groups is 2. The molecule has 0 bridgehead atoms. The van der Waals surface area contributed by atoms with E-state index in [0.29, 0.717) is 10.8 Å². The van der Waals surface area contributed by atoms with Crippen LogP contribution in [0.1, 0.15) is 10.4 Å². The number of carbonyl (C=O) groups excluding carboxylic acids is 1. The molecule has 0 spiro atoms. The normalized spacial score (nSPS) is 10.1. The van der Waals surface area contributed by atoms with Gasteiger partial charge in [-0.25, -0.2) is 14.6 Å². The second-order valence-electron chi connectivity index (χ2n) is 3.55. The highest BCUT2D eigenvalue weighted by Gasteiger charge is 2.11. The van der Waals surface area contributed by atoms with Crippen LogP contribution in [0.5, 0.6) is 0 Å². The third-order valence-electron chi connectivity index (χ3n) is 2.16. The van der Waals surface area contributed by atoms with Crippen LogP contribution in [-0.4, -0.2) is 22.1 Å². The van der Waals surface area contributed by atoms with Gasteiger partial charge >= 0.3 is 12.0 Å². The molecule has 0 unspecified atom stereocenters. The first kappa shape index (κ1) is 14.8. The smallest absolute Gasteiger partial charge is 0.337 e. The summed E-state index contributed by atoms with van der Waals surface area (Å²) in [5.74, 6) is -1.13. The summed E-state index contributed by atoms with van der Waals surface area (Å²) < 4.78 is 0.793. The monoisotopic (exact) mass is 375 g/mol. The minimum Gasteiger partial charge on any atom is -0.478 e. The van der Waals surface area contributed by atoms with Crippen LogP contribution in [0.3, 0.4) is 0 Å². The molecule has 0 saturated carbocycles. The lowest BCUT2D eigenvalue weighted by Crippen LogP contribution is -2.19. The molecule has 2 amide bonds. The molecular formula is C11H7BrClN3O3S. The quantitative estimate of drug-likeness (QED) is 0.757. The Labute approximate surface area is 130 Å². The van der Waals surface area contributed by atoms with Crippen molar-refractivity contribution >= 4 is 61.7 Å². The van der Waals surface area contributed by atoms with E-state index in [2.05, 4.69) is 31.5 Å². The molecule has 104 valence electrons. The number of hydrogen-bond acceptors (Lipinski definition) is 4. The minimum absolute atomic E-state index is 0.0264. The molecule has 0 radical (unpaired) electrons. The van der Waals surface area contributed by atoms with Crippen molar-refractivity contribution in [2.45, 2.75) is 0 Å². The molecule has 0 saturated heterocycles. The number of carboxylic acid groups (broad SMARTS) is 1. The molecule has 2 aromatic rings. The SMILES string of the molecule is O=C(Nc1ccc(C(=O)O)c(Cl)c1)Nc1ncc(Br)s1. The number of thiazole rings is 1. The largest absolute Gasteiger partial charge is 0.478 e. The number of benzene rings is 1. The molecule has 2 rings (SSSR count). The van der Waals surface area contributed by atoms with Gasteiger partial charge in [-0.3, -0.25) is 5.32 Å². The van der Waals surface area contributed by atoms with Gasteiger partial charge in [0.25, 0.3) is 0 Å². The summed E-state index contributed by atoms with van der Waals surface area (Å²) in [5.41, 5.74) is 0.356. The van der Waals surface area contributed by atoms with E-state index in [1.807, 2.05) is 0 Å². The maximum atomic E-state index is 11.7. The molecule has 1 aromatic carbocycles. The van der Waals surface area contributed by atoms with Gasteiger partial charge in [0.2, 0.25) is 0 Å². The number of rotatable bonds is 3. The van der Waals surface area contributed by atoms with E-state index in [-0.39, 0.29) is 10.6 Å². The van der Waals surface area contributed by atoms with Crippen molar-refractivity contribution in [3.63, 3.8) is 0 Å². The Bertz CT molecular complexity index is 677. The maximum absolute atomic E-state index is 11.7. The van der Waals surface area contributed by atoms with Crippen LogP contribution in [-0.2, 0) is 0 Å². The standard InChI is InChI=1S/C11H7BrClN3O3S/c12-8-4-14-11(20-8)16-10(19)15-5-1-2-6(9(17)18)7(13)3-5/h1-4H,(H,17,18)(H2,14,15,16,19). The summed E-state index contributed by atoms with van der Waals surface area (Å²) >= 11 is 10.3. The van der Waals surface area contributed by atoms with E-state index < -0.39 is 12.0 Å². The molecule has 0 fully saturated rings. The number of anilines is 2. The van der Waals surface area contributed by atoms with Gasteiger partial charge < -0.3 is 10.4 Å². The fourth-order valence-electron chi connectivity index (χ4n) is 1.34. The minimum atomic E-state index is -1.13. The number of nitrogens with zero attached hydrogens (tertiary/aromatic N) is 1. The Balaban J connectivity index is 2.04. The van der Waals surface area contributed by atoms with Gasteiger partial charge in [-0.05, 0) is 34.1 Å². The first-order valence-corrected chi connectivity index (χ1v) is 7.16. The van der Waals surface area contributed by atoms with Crippen molar-refractivity contribution in [1.82, 2.24) is 4.98 Å². The second-order valence-corrected chi connectivity index (χ2v) is 6.37. The predicted molar refractivity (Wildman–Crippen MR) is 80.9 cm³/mol. The van der Waals surface area contributed by atoms with Crippen molar-refractivity contribution in [3.05, 3.63) is 38.8 Å². The zero-order valence-electron chi connectivity index (χ0n) is 9.68. The van der Waals surface area contributed by atoms with Gasteiger partial charge in [0, 0.05) is 5.69 Å². The molecule has 0 atom stereocenters. The topological polar surface area (TPSA) is 91.3 Å². The summed E-state index contributed by atoms with van der Waals surface area (Å²) in [6.07, 6.45) is 1.57. The maximum Gasteiger partial charge on any atom is 0.337 e. The molecule has 6 nitrogen and oxygen atoms in total. The summed E-state index contributed by atoms with van der Waals surface area (Å²) in [4.78, 5) is 26.4. The van der Waals surface area contributed by atoms with E-state index in [4.69, 9.17) is 16.7 Å². The van der Waals surface area contributed by atoms with Crippen LogP contribution >= 0.6 is 38.9 Å². The molecule has 0 aliphatic rings. The highest BCUT2D eigenvalue weighted by Crippen LogP contribution is 2.24. The van der Waals surface area contributed by atoms with Crippen LogP contribution in [0, 0.1) is 0 Å². The van der Waals surface area contributed by atoms with Crippen molar-refractivity contribution in [1.29, 1.82) is 0 Å². The fourth-order valence-corrected chi connectivity index (χ4v) is 2.70. The van der Waals surface area contributed by atoms with E-state index >= 15 is 0 Å². The molecule has 3 N–H and O–H groups in total. The molecule has 1 aromatic heterocycles. The Hall–Kier alpha value is -1.64. The summed E-state index contributed by atoms with van der Waals surface area (Å²) in [5, 5.41) is 14.4.